The quantitative estimate of drug-likeness (QED) is 0.876. The first-order valence-corrected chi connectivity index (χ1v) is 8.10. The molecule has 0 saturated carbocycles. The molecule has 22 heavy (non-hydrogen) atoms. The number of hydrogen-bond donors (Lipinski definition) is 1. The molecule has 0 saturated heterocycles. The second kappa shape index (κ2) is 6.83. The Hall–Kier alpha value is -2.01. The highest BCUT2D eigenvalue weighted by atomic mass is 32.2. The van der Waals surface area contributed by atoms with Crippen molar-refractivity contribution in [1.82, 2.24) is 5.32 Å². The molecule has 3 nitrogen and oxygen atoms in total. The molecule has 1 amide bonds. The summed E-state index contributed by atoms with van der Waals surface area (Å²) in [6.07, 6.45) is 0.768. The second-order valence-corrected chi connectivity index (χ2v) is 6.09. The Balaban J connectivity index is 1.57. The Morgan fingerprint density at radius 3 is 2.82 bits per heavy atom. The van der Waals surface area contributed by atoms with Gasteiger partial charge in [-0.05, 0) is 30.3 Å². The zero-order valence-corrected chi connectivity index (χ0v) is 12.7. The minimum Gasteiger partial charge on any atom is -0.493 e. The number of carbonyl (C=O) groups is 1. The summed E-state index contributed by atoms with van der Waals surface area (Å²) >= 11 is 1.40. The highest BCUT2D eigenvalue weighted by Gasteiger charge is 2.22. The van der Waals surface area contributed by atoms with E-state index in [0.29, 0.717) is 12.4 Å². The monoisotopic (exact) mass is 317 g/mol. The first-order valence-electron chi connectivity index (χ1n) is 7.12. The highest BCUT2D eigenvalue weighted by molar-refractivity contribution is 8.00. The van der Waals surface area contributed by atoms with E-state index < -0.39 is 0 Å². The van der Waals surface area contributed by atoms with Crippen molar-refractivity contribution in [3.8, 4) is 5.75 Å². The van der Waals surface area contributed by atoms with Gasteiger partial charge in [-0.15, -0.1) is 11.8 Å². The SMILES string of the molecule is O=C(CSc1ccc(F)cc1)NC1CCOc2ccccc21. The lowest BCUT2D eigenvalue weighted by Crippen LogP contribution is -2.33. The minimum atomic E-state index is -0.271. The molecule has 0 spiro atoms. The van der Waals surface area contributed by atoms with Gasteiger partial charge in [0.2, 0.25) is 5.91 Å². The predicted octanol–water partition coefficient (Wildman–Crippen LogP) is 3.56. The van der Waals surface area contributed by atoms with E-state index in [1.54, 1.807) is 12.1 Å². The van der Waals surface area contributed by atoms with E-state index in [0.717, 1.165) is 22.6 Å². The Bertz CT molecular complexity index is 660. The Labute approximate surface area is 132 Å². The van der Waals surface area contributed by atoms with Crippen LogP contribution in [0.4, 0.5) is 4.39 Å². The van der Waals surface area contributed by atoms with Crippen LogP contribution in [-0.4, -0.2) is 18.3 Å². The number of hydrogen-bond acceptors (Lipinski definition) is 3. The molecule has 1 aliphatic rings. The smallest absolute Gasteiger partial charge is 0.230 e. The van der Waals surface area contributed by atoms with Crippen molar-refractivity contribution >= 4 is 17.7 Å². The summed E-state index contributed by atoms with van der Waals surface area (Å²) in [5.41, 5.74) is 1.02. The average molecular weight is 317 g/mol. The molecule has 0 bridgehead atoms. The summed E-state index contributed by atoms with van der Waals surface area (Å²) in [6.45, 7) is 0.604. The summed E-state index contributed by atoms with van der Waals surface area (Å²) < 4.78 is 18.4. The number of nitrogens with one attached hydrogen (secondary N) is 1. The molecular weight excluding hydrogens is 301 g/mol. The van der Waals surface area contributed by atoms with Gasteiger partial charge in [0.15, 0.2) is 0 Å². The fraction of sp³-hybridized carbons (Fsp3) is 0.235. The second-order valence-electron chi connectivity index (χ2n) is 5.04. The largest absolute Gasteiger partial charge is 0.493 e. The molecule has 1 unspecified atom stereocenters. The van der Waals surface area contributed by atoms with Crippen molar-refractivity contribution in [1.29, 1.82) is 0 Å². The summed E-state index contributed by atoms with van der Waals surface area (Å²) in [6, 6.07) is 13.9. The van der Waals surface area contributed by atoms with Crippen LogP contribution in [0.25, 0.3) is 0 Å². The molecule has 5 heteroatoms. The lowest BCUT2D eigenvalue weighted by Gasteiger charge is -2.26. The maximum atomic E-state index is 12.8. The van der Waals surface area contributed by atoms with Crippen molar-refractivity contribution in [2.45, 2.75) is 17.4 Å². The average Bonchev–Trinajstić information content (AvgIpc) is 2.55. The third kappa shape index (κ3) is 3.60. The van der Waals surface area contributed by atoms with Crippen molar-refractivity contribution in [3.63, 3.8) is 0 Å². The fourth-order valence-corrected chi connectivity index (χ4v) is 3.12. The van der Waals surface area contributed by atoms with Gasteiger partial charge >= 0.3 is 0 Å². The molecule has 1 atom stereocenters. The molecule has 0 aliphatic carbocycles. The molecular formula is C17H16FNO2S. The molecule has 1 heterocycles. The van der Waals surface area contributed by atoms with Crippen molar-refractivity contribution in [3.05, 3.63) is 59.9 Å². The predicted molar refractivity (Wildman–Crippen MR) is 84.6 cm³/mol. The van der Waals surface area contributed by atoms with E-state index >= 15 is 0 Å². The highest BCUT2D eigenvalue weighted by Crippen LogP contribution is 2.31. The lowest BCUT2D eigenvalue weighted by molar-refractivity contribution is -0.119. The number of halogens is 1. The molecule has 0 fully saturated rings. The maximum absolute atomic E-state index is 12.8. The molecule has 3 rings (SSSR count). The summed E-state index contributed by atoms with van der Waals surface area (Å²) in [5.74, 6) is 0.847. The fourth-order valence-electron chi connectivity index (χ4n) is 2.41. The van der Waals surface area contributed by atoms with Crippen LogP contribution in [0.15, 0.2) is 53.4 Å². The van der Waals surface area contributed by atoms with Gasteiger partial charge in [0.05, 0.1) is 18.4 Å². The Morgan fingerprint density at radius 1 is 1.23 bits per heavy atom. The molecule has 114 valence electrons. The molecule has 0 radical (unpaired) electrons. The lowest BCUT2D eigenvalue weighted by atomic mass is 10.0. The van der Waals surface area contributed by atoms with Gasteiger partial charge in [-0.3, -0.25) is 4.79 Å². The summed E-state index contributed by atoms with van der Waals surface area (Å²) in [7, 11) is 0. The van der Waals surface area contributed by atoms with Crippen molar-refractivity contribution in [2.24, 2.45) is 0 Å². The van der Waals surface area contributed by atoms with Crippen LogP contribution < -0.4 is 10.1 Å². The number of para-hydroxylation sites is 1. The van der Waals surface area contributed by atoms with Crippen LogP contribution in [0.2, 0.25) is 0 Å². The number of ether oxygens (including phenoxy) is 1. The molecule has 1 aliphatic heterocycles. The standard InChI is InChI=1S/C17H16FNO2S/c18-12-5-7-13(8-6-12)22-11-17(20)19-15-9-10-21-16-4-2-1-3-14(15)16/h1-8,15H,9-11H2,(H,19,20). The zero-order valence-electron chi connectivity index (χ0n) is 11.9. The van der Waals surface area contributed by atoms with E-state index in [9.17, 15) is 9.18 Å². The van der Waals surface area contributed by atoms with Gasteiger partial charge in [-0.2, -0.15) is 0 Å². The number of rotatable bonds is 4. The first kappa shape index (κ1) is 14.9. The summed E-state index contributed by atoms with van der Waals surface area (Å²) in [5, 5.41) is 3.04. The number of benzene rings is 2. The normalized spacial score (nSPS) is 16.5. The van der Waals surface area contributed by atoms with Crippen LogP contribution >= 0.6 is 11.8 Å². The van der Waals surface area contributed by atoms with E-state index in [-0.39, 0.29) is 17.8 Å². The first-order chi connectivity index (χ1) is 10.7. The van der Waals surface area contributed by atoms with Crippen LogP contribution in [0.3, 0.4) is 0 Å². The van der Waals surface area contributed by atoms with E-state index in [4.69, 9.17) is 4.74 Å². The number of fused-ring (bicyclic) bond motifs is 1. The van der Waals surface area contributed by atoms with E-state index in [2.05, 4.69) is 5.32 Å². The Morgan fingerprint density at radius 2 is 2.00 bits per heavy atom. The number of thioether (sulfide) groups is 1. The van der Waals surface area contributed by atoms with Crippen LogP contribution in [0, 0.1) is 5.82 Å². The van der Waals surface area contributed by atoms with Gasteiger partial charge in [-0.25, -0.2) is 4.39 Å². The number of amides is 1. The third-order valence-electron chi connectivity index (χ3n) is 3.48. The Kier molecular flexibility index (Phi) is 4.63. The number of carbonyl (C=O) groups excluding carboxylic acids is 1. The van der Waals surface area contributed by atoms with E-state index in [1.165, 1.54) is 23.9 Å². The van der Waals surface area contributed by atoms with Gasteiger partial charge in [0, 0.05) is 16.9 Å². The van der Waals surface area contributed by atoms with Gasteiger partial charge in [0.1, 0.15) is 11.6 Å². The van der Waals surface area contributed by atoms with Gasteiger partial charge < -0.3 is 10.1 Å². The molecule has 0 aromatic heterocycles. The maximum Gasteiger partial charge on any atom is 0.230 e. The van der Waals surface area contributed by atoms with E-state index in [1.807, 2.05) is 24.3 Å². The van der Waals surface area contributed by atoms with Crippen molar-refractivity contribution < 1.29 is 13.9 Å². The molecule has 2 aromatic carbocycles. The van der Waals surface area contributed by atoms with Crippen molar-refractivity contribution in [2.75, 3.05) is 12.4 Å². The van der Waals surface area contributed by atoms with Gasteiger partial charge in [-0.1, -0.05) is 18.2 Å². The van der Waals surface area contributed by atoms with Crippen LogP contribution in [-0.2, 0) is 4.79 Å². The minimum absolute atomic E-state index is 0.00809. The zero-order chi connectivity index (χ0) is 15.4. The topological polar surface area (TPSA) is 38.3 Å². The van der Waals surface area contributed by atoms with Gasteiger partial charge in [0.25, 0.3) is 0 Å². The van der Waals surface area contributed by atoms with Crippen LogP contribution in [0.1, 0.15) is 18.0 Å². The summed E-state index contributed by atoms with van der Waals surface area (Å²) in [4.78, 5) is 13.0. The van der Waals surface area contributed by atoms with Crippen LogP contribution in [0.5, 0.6) is 5.75 Å². The molecule has 1 N–H and O–H groups in total. The molecule has 2 aromatic rings. The third-order valence-corrected chi connectivity index (χ3v) is 4.49.